The zero-order valence-corrected chi connectivity index (χ0v) is 23.3. The Morgan fingerprint density at radius 3 is 2.52 bits per heavy atom. The standard InChI is InChI=1S/C30H29N3O6S/c1-37-22-13-16(14-23(38-2)26(22)39-3)27-32-28-25(19-9-5-7-11-24(19)40-28)29(34)33(27)21(30(35)36)12-17-15-31-20-10-6-4-8-18(17)20/h4,6,8,10,13-15,21,31H,5,7,9,11-12H2,1-3H3,(H,35,36). The molecule has 0 spiro atoms. The number of hydrogen-bond donors (Lipinski definition) is 2. The van der Waals surface area contributed by atoms with Gasteiger partial charge in [-0.05, 0) is 55.0 Å². The van der Waals surface area contributed by atoms with E-state index in [1.165, 1.54) is 37.2 Å². The first kappa shape index (κ1) is 25.9. The van der Waals surface area contributed by atoms with Crippen molar-refractivity contribution >= 4 is 38.4 Å². The number of nitrogens with zero attached hydrogens (tertiary/aromatic N) is 2. The van der Waals surface area contributed by atoms with Crippen LogP contribution in [0.3, 0.4) is 0 Å². The summed E-state index contributed by atoms with van der Waals surface area (Å²) in [5.41, 5.74) is 2.85. The second-order valence-corrected chi connectivity index (χ2v) is 10.9. The summed E-state index contributed by atoms with van der Waals surface area (Å²) in [6, 6.07) is 9.90. The van der Waals surface area contributed by atoms with Crippen LogP contribution in [0.25, 0.3) is 32.5 Å². The van der Waals surface area contributed by atoms with Gasteiger partial charge < -0.3 is 24.3 Å². The predicted octanol–water partition coefficient (Wildman–Crippen LogP) is 5.38. The van der Waals surface area contributed by atoms with E-state index in [0.29, 0.717) is 33.0 Å². The Hall–Kier alpha value is -4.31. The number of carboxylic acid groups (broad SMARTS) is 1. The second kappa shape index (κ2) is 10.3. The number of H-pyrrole nitrogens is 1. The number of ether oxygens (including phenoxy) is 3. The van der Waals surface area contributed by atoms with E-state index in [2.05, 4.69) is 4.98 Å². The van der Waals surface area contributed by atoms with Crippen LogP contribution in [0.15, 0.2) is 47.4 Å². The second-order valence-electron chi connectivity index (χ2n) is 9.83. The maximum Gasteiger partial charge on any atom is 0.327 e. The summed E-state index contributed by atoms with van der Waals surface area (Å²) >= 11 is 1.52. The van der Waals surface area contributed by atoms with Gasteiger partial charge in [0.15, 0.2) is 11.5 Å². The molecule has 1 aliphatic rings. The van der Waals surface area contributed by atoms with Crippen LogP contribution >= 0.6 is 11.3 Å². The van der Waals surface area contributed by atoms with Gasteiger partial charge in [-0.15, -0.1) is 11.3 Å². The molecular weight excluding hydrogens is 530 g/mol. The van der Waals surface area contributed by atoms with Gasteiger partial charge in [-0.1, -0.05) is 18.2 Å². The summed E-state index contributed by atoms with van der Waals surface area (Å²) in [6.07, 6.45) is 5.64. The third kappa shape index (κ3) is 4.19. The molecule has 0 aliphatic heterocycles. The lowest BCUT2D eigenvalue weighted by Gasteiger charge is -2.21. The normalized spacial score (nSPS) is 13.8. The summed E-state index contributed by atoms with van der Waals surface area (Å²) in [5.74, 6) is 0.274. The smallest absolute Gasteiger partial charge is 0.327 e. The molecular formula is C30H29N3O6S. The highest BCUT2D eigenvalue weighted by Gasteiger charge is 2.31. The van der Waals surface area contributed by atoms with E-state index in [-0.39, 0.29) is 17.8 Å². The highest BCUT2D eigenvalue weighted by molar-refractivity contribution is 7.18. The number of aromatic nitrogens is 3. The lowest BCUT2D eigenvalue weighted by Crippen LogP contribution is -2.33. The molecule has 6 rings (SSSR count). The van der Waals surface area contributed by atoms with Crippen LogP contribution in [-0.4, -0.2) is 46.9 Å². The Morgan fingerprint density at radius 1 is 1.10 bits per heavy atom. The number of carboxylic acids is 1. The van der Waals surface area contributed by atoms with Gasteiger partial charge in [0.2, 0.25) is 5.75 Å². The fourth-order valence-corrected chi connectivity index (χ4v) is 6.97. The third-order valence-corrected chi connectivity index (χ3v) is 8.81. The Balaban J connectivity index is 1.64. The Labute approximate surface area is 234 Å². The Morgan fingerprint density at radius 2 is 1.82 bits per heavy atom. The highest BCUT2D eigenvalue weighted by Crippen LogP contribution is 2.42. The summed E-state index contributed by atoms with van der Waals surface area (Å²) in [4.78, 5) is 37.3. The highest BCUT2D eigenvalue weighted by atomic mass is 32.1. The molecule has 1 aliphatic carbocycles. The molecule has 40 heavy (non-hydrogen) atoms. The zero-order valence-electron chi connectivity index (χ0n) is 22.4. The first-order chi connectivity index (χ1) is 19.4. The number of rotatable bonds is 8. The van der Waals surface area contributed by atoms with Gasteiger partial charge in [-0.25, -0.2) is 9.78 Å². The van der Waals surface area contributed by atoms with E-state index in [1.54, 1.807) is 12.1 Å². The van der Waals surface area contributed by atoms with Crippen molar-refractivity contribution in [1.82, 2.24) is 14.5 Å². The van der Waals surface area contributed by atoms with Crippen molar-refractivity contribution < 1.29 is 24.1 Å². The number of nitrogens with one attached hydrogen (secondary N) is 1. The molecule has 206 valence electrons. The number of methoxy groups -OCH3 is 3. The number of hydrogen-bond acceptors (Lipinski definition) is 7. The van der Waals surface area contributed by atoms with E-state index < -0.39 is 12.0 Å². The minimum Gasteiger partial charge on any atom is -0.493 e. The van der Waals surface area contributed by atoms with Crippen molar-refractivity contribution in [3.05, 3.63) is 69.0 Å². The van der Waals surface area contributed by atoms with E-state index >= 15 is 0 Å². The SMILES string of the molecule is COc1cc(-c2nc3sc4c(c3c(=O)n2C(Cc2c[nH]c3ccccc23)C(=O)O)CCCC4)cc(OC)c1OC. The zero-order chi connectivity index (χ0) is 28.0. The molecule has 5 aromatic rings. The fourth-order valence-electron chi connectivity index (χ4n) is 5.72. The maximum absolute atomic E-state index is 14.4. The van der Waals surface area contributed by atoms with Crippen molar-refractivity contribution in [2.75, 3.05) is 21.3 Å². The monoisotopic (exact) mass is 559 g/mol. The molecule has 9 nitrogen and oxygen atoms in total. The molecule has 0 fully saturated rings. The molecule has 0 saturated heterocycles. The first-order valence-electron chi connectivity index (χ1n) is 13.1. The summed E-state index contributed by atoms with van der Waals surface area (Å²) in [7, 11) is 4.53. The number of fused-ring (bicyclic) bond motifs is 4. The first-order valence-corrected chi connectivity index (χ1v) is 13.9. The van der Waals surface area contributed by atoms with Crippen LogP contribution in [0.2, 0.25) is 0 Å². The average Bonchev–Trinajstić information content (AvgIpc) is 3.56. The molecule has 1 atom stereocenters. The van der Waals surface area contributed by atoms with E-state index in [0.717, 1.165) is 52.6 Å². The summed E-state index contributed by atoms with van der Waals surface area (Å²) in [6.45, 7) is 0. The molecule has 0 saturated carbocycles. The summed E-state index contributed by atoms with van der Waals surface area (Å²) < 4.78 is 18.0. The van der Waals surface area contributed by atoms with Crippen molar-refractivity contribution in [1.29, 1.82) is 0 Å². The van der Waals surface area contributed by atoms with Crippen LogP contribution in [-0.2, 0) is 24.1 Å². The van der Waals surface area contributed by atoms with Crippen LogP contribution in [0.1, 0.15) is 34.9 Å². The fraction of sp³-hybridized carbons (Fsp3) is 0.300. The predicted molar refractivity (Wildman–Crippen MR) is 154 cm³/mol. The summed E-state index contributed by atoms with van der Waals surface area (Å²) in [5, 5.41) is 12.0. The van der Waals surface area contributed by atoms with Gasteiger partial charge >= 0.3 is 5.97 Å². The molecule has 2 aromatic carbocycles. The van der Waals surface area contributed by atoms with Crippen molar-refractivity contribution in [2.45, 2.75) is 38.1 Å². The number of thiophene rings is 1. The number of aliphatic carboxylic acids is 1. The van der Waals surface area contributed by atoms with Crippen molar-refractivity contribution in [2.24, 2.45) is 0 Å². The molecule has 3 heterocycles. The number of benzene rings is 2. The van der Waals surface area contributed by atoms with Crippen molar-refractivity contribution in [3.63, 3.8) is 0 Å². The molecule has 1 unspecified atom stereocenters. The van der Waals surface area contributed by atoms with Crippen LogP contribution in [0, 0.1) is 0 Å². The topological polar surface area (TPSA) is 116 Å². The van der Waals surface area contributed by atoms with Crippen molar-refractivity contribution in [3.8, 4) is 28.6 Å². The lowest BCUT2D eigenvalue weighted by molar-refractivity contribution is -0.140. The quantitative estimate of drug-likeness (QED) is 0.262. The minimum atomic E-state index is -1.21. The molecule has 3 aromatic heterocycles. The molecule has 0 amide bonds. The molecule has 2 N–H and O–H groups in total. The largest absolute Gasteiger partial charge is 0.493 e. The number of carbonyl (C=O) groups is 1. The third-order valence-electron chi connectivity index (χ3n) is 7.63. The number of para-hydroxylation sites is 1. The van der Waals surface area contributed by atoms with Gasteiger partial charge in [0, 0.05) is 34.0 Å². The molecule has 10 heteroatoms. The average molecular weight is 560 g/mol. The van der Waals surface area contributed by atoms with E-state index in [9.17, 15) is 14.7 Å². The van der Waals surface area contributed by atoms with Gasteiger partial charge in [0.1, 0.15) is 16.7 Å². The molecule has 0 bridgehead atoms. The number of aryl methyl sites for hydroxylation is 2. The Kier molecular flexibility index (Phi) is 6.71. The Bertz CT molecular complexity index is 1790. The lowest BCUT2D eigenvalue weighted by atomic mass is 9.97. The van der Waals surface area contributed by atoms with E-state index in [1.807, 2.05) is 30.5 Å². The van der Waals surface area contributed by atoms with Gasteiger partial charge in [-0.3, -0.25) is 9.36 Å². The van der Waals surface area contributed by atoms with Crippen LogP contribution < -0.4 is 19.8 Å². The van der Waals surface area contributed by atoms with Gasteiger partial charge in [0.05, 0.1) is 26.7 Å². The molecule has 0 radical (unpaired) electrons. The minimum absolute atomic E-state index is 0.0934. The van der Waals surface area contributed by atoms with E-state index in [4.69, 9.17) is 19.2 Å². The number of aromatic amines is 1. The van der Waals surface area contributed by atoms with Crippen LogP contribution in [0.5, 0.6) is 17.2 Å². The maximum atomic E-state index is 14.4. The van der Waals surface area contributed by atoms with Crippen LogP contribution in [0.4, 0.5) is 0 Å². The van der Waals surface area contributed by atoms with Gasteiger partial charge in [-0.2, -0.15) is 0 Å². The van der Waals surface area contributed by atoms with Gasteiger partial charge in [0.25, 0.3) is 5.56 Å².